The van der Waals surface area contributed by atoms with E-state index in [-0.39, 0.29) is 5.75 Å². The number of benzene rings is 1. The molecule has 0 aromatic heterocycles. The molecule has 0 aliphatic heterocycles. The summed E-state index contributed by atoms with van der Waals surface area (Å²) in [6, 6.07) is 2.89. The Morgan fingerprint density at radius 1 is 1.54 bits per heavy atom. The van der Waals surface area contributed by atoms with Gasteiger partial charge in [0.1, 0.15) is 0 Å². The van der Waals surface area contributed by atoms with E-state index in [1.807, 2.05) is 0 Å². The SMILES string of the molecule is COc1c(F)cc(Cl)cc1CCN. The van der Waals surface area contributed by atoms with E-state index in [0.717, 1.165) is 0 Å². The van der Waals surface area contributed by atoms with Crippen molar-refractivity contribution in [2.24, 2.45) is 5.73 Å². The maximum absolute atomic E-state index is 13.2. The predicted octanol–water partition coefficient (Wildman–Crippen LogP) is 1.99. The van der Waals surface area contributed by atoms with Gasteiger partial charge >= 0.3 is 0 Å². The van der Waals surface area contributed by atoms with Crippen LogP contribution < -0.4 is 10.5 Å². The molecule has 1 rings (SSSR count). The van der Waals surface area contributed by atoms with Crippen LogP contribution in [0.5, 0.6) is 5.75 Å². The van der Waals surface area contributed by atoms with E-state index >= 15 is 0 Å². The van der Waals surface area contributed by atoms with Gasteiger partial charge < -0.3 is 10.5 Å². The minimum atomic E-state index is -0.446. The molecular formula is C9H11ClFNO. The quantitative estimate of drug-likeness (QED) is 0.816. The first-order valence-corrected chi connectivity index (χ1v) is 4.28. The van der Waals surface area contributed by atoms with Crippen LogP contribution in [-0.4, -0.2) is 13.7 Å². The van der Waals surface area contributed by atoms with Gasteiger partial charge in [0.15, 0.2) is 11.6 Å². The molecule has 0 spiro atoms. The molecule has 0 heterocycles. The molecule has 0 aliphatic carbocycles. The van der Waals surface area contributed by atoms with Crippen LogP contribution >= 0.6 is 11.6 Å². The van der Waals surface area contributed by atoms with E-state index in [2.05, 4.69) is 0 Å². The van der Waals surface area contributed by atoms with Gasteiger partial charge in [0.2, 0.25) is 0 Å². The van der Waals surface area contributed by atoms with Gasteiger partial charge in [-0.1, -0.05) is 11.6 Å². The van der Waals surface area contributed by atoms with Gasteiger partial charge in [-0.05, 0) is 30.7 Å². The standard InChI is InChI=1S/C9H11ClFNO/c1-13-9-6(2-3-12)4-7(10)5-8(9)11/h4-5H,2-3,12H2,1H3. The van der Waals surface area contributed by atoms with Crippen molar-refractivity contribution in [3.8, 4) is 5.75 Å². The summed E-state index contributed by atoms with van der Waals surface area (Å²) in [6.45, 7) is 0.441. The first-order chi connectivity index (χ1) is 6.19. The third kappa shape index (κ3) is 2.32. The molecule has 1 aromatic carbocycles. The van der Waals surface area contributed by atoms with Crippen molar-refractivity contribution >= 4 is 11.6 Å². The van der Waals surface area contributed by atoms with E-state index in [9.17, 15) is 4.39 Å². The lowest BCUT2D eigenvalue weighted by Crippen LogP contribution is -2.05. The predicted molar refractivity (Wildman–Crippen MR) is 50.7 cm³/mol. The lowest BCUT2D eigenvalue weighted by Gasteiger charge is -2.08. The Kier molecular flexibility index (Phi) is 3.51. The van der Waals surface area contributed by atoms with Gasteiger partial charge in [-0.2, -0.15) is 0 Å². The Morgan fingerprint density at radius 2 is 2.23 bits per heavy atom. The third-order valence-electron chi connectivity index (χ3n) is 1.70. The van der Waals surface area contributed by atoms with Gasteiger partial charge in [0, 0.05) is 5.02 Å². The van der Waals surface area contributed by atoms with E-state index in [1.54, 1.807) is 6.07 Å². The van der Waals surface area contributed by atoms with Crippen molar-refractivity contribution in [3.05, 3.63) is 28.5 Å². The second kappa shape index (κ2) is 4.44. The molecule has 0 amide bonds. The summed E-state index contributed by atoms with van der Waals surface area (Å²) in [5.74, 6) is -0.215. The zero-order valence-corrected chi connectivity index (χ0v) is 8.07. The number of rotatable bonds is 3. The first kappa shape index (κ1) is 10.3. The molecule has 2 nitrogen and oxygen atoms in total. The number of halogens is 2. The normalized spacial score (nSPS) is 10.2. The molecule has 1 aromatic rings. The van der Waals surface area contributed by atoms with Crippen LogP contribution in [0.3, 0.4) is 0 Å². The molecule has 0 saturated carbocycles. The lowest BCUT2D eigenvalue weighted by atomic mass is 10.1. The van der Waals surface area contributed by atoms with E-state index < -0.39 is 5.82 Å². The molecule has 72 valence electrons. The van der Waals surface area contributed by atoms with Crippen LogP contribution in [0.25, 0.3) is 0 Å². The Balaban J connectivity index is 3.13. The van der Waals surface area contributed by atoms with Gasteiger partial charge in [0.25, 0.3) is 0 Å². The molecule has 0 unspecified atom stereocenters. The van der Waals surface area contributed by atoms with Crippen molar-refractivity contribution in [3.63, 3.8) is 0 Å². The largest absolute Gasteiger partial charge is 0.493 e. The number of hydrogen-bond donors (Lipinski definition) is 1. The minimum absolute atomic E-state index is 0.231. The average Bonchev–Trinajstić information content (AvgIpc) is 2.04. The van der Waals surface area contributed by atoms with Gasteiger partial charge in [-0.25, -0.2) is 4.39 Å². The summed E-state index contributed by atoms with van der Waals surface area (Å²) in [7, 11) is 1.42. The summed E-state index contributed by atoms with van der Waals surface area (Å²) >= 11 is 5.68. The Labute approximate surface area is 81.4 Å². The summed E-state index contributed by atoms with van der Waals surface area (Å²) < 4.78 is 18.1. The van der Waals surface area contributed by atoms with Crippen molar-refractivity contribution in [1.29, 1.82) is 0 Å². The van der Waals surface area contributed by atoms with Crippen LogP contribution in [0.2, 0.25) is 5.02 Å². The van der Waals surface area contributed by atoms with Gasteiger partial charge in [-0.3, -0.25) is 0 Å². The number of nitrogens with two attached hydrogens (primary N) is 1. The average molecular weight is 204 g/mol. The van der Waals surface area contributed by atoms with Crippen LogP contribution in [0.4, 0.5) is 4.39 Å². The third-order valence-corrected chi connectivity index (χ3v) is 1.92. The fourth-order valence-electron chi connectivity index (χ4n) is 1.18. The summed E-state index contributed by atoms with van der Waals surface area (Å²) in [5.41, 5.74) is 6.07. The van der Waals surface area contributed by atoms with Crippen molar-refractivity contribution in [1.82, 2.24) is 0 Å². The highest BCUT2D eigenvalue weighted by molar-refractivity contribution is 6.30. The topological polar surface area (TPSA) is 35.2 Å². The van der Waals surface area contributed by atoms with E-state index in [4.69, 9.17) is 22.1 Å². The Morgan fingerprint density at radius 3 is 2.77 bits per heavy atom. The van der Waals surface area contributed by atoms with Gasteiger partial charge in [-0.15, -0.1) is 0 Å². The maximum atomic E-state index is 13.2. The highest BCUT2D eigenvalue weighted by atomic mass is 35.5. The summed E-state index contributed by atoms with van der Waals surface area (Å²) in [4.78, 5) is 0. The lowest BCUT2D eigenvalue weighted by molar-refractivity contribution is 0.381. The minimum Gasteiger partial charge on any atom is -0.493 e. The summed E-state index contributed by atoms with van der Waals surface area (Å²) in [5, 5.41) is 0.363. The Hall–Kier alpha value is -0.800. The van der Waals surface area contributed by atoms with Crippen LogP contribution in [0.15, 0.2) is 12.1 Å². The highest BCUT2D eigenvalue weighted by Crippen LogP contribution is 2.26. The molecule has 0 saturated heterocycles. The zero-order chi connectivity index (χ0) is 9.84. The van der Waals surface area contributed by atoms with Gasteiger partial charge in [0.05, 0.1) is 7.11 Å². The van der Waals surface area contributed by atoms with Crippen molar-refractivity contribution < 1.29 is 9.13 Å². The molecular weight excluding hydrogens is 193 g/mol. The monoisotopic (exact) mass is 203 g/mol. The maximum Gasteiger partial charge on any atom is 0.166 e. The molecule has 0 atom stereocenters. The molecule has 2 N–H and O–H groups in total. The number of ether oxygens (including phenoxy) is 1. The second-order valence-electron chi connectivity index (χ2n) is 2.62. The number of methoxy groups -OCH3 is 1. The Bertz CT molecular complexity index is 304. The van der Waals surface area contributed by atoms with E-state index in [0.29, 0.717) is 23.6 Å². The molecule has 13 heavy (non-hydrogen) atoms. The molecule has 4 heteroatoms. The smallest absolute Gasteiger partial charge is 0.166 e. The molecule has 0 fully saturated rings. The van der Waals surface area contributed by atoms with Crippen molar-refractivity contribution in [2.45, 2.75) is 6.42 Å². The fourth-order valence-corrected chi connectivity index (χ4v) is 1.41. The van der Waals surface area contributed by atoms with Crippen molar-refractivity contribution in [2.75, 3.05) is 13.7 Å². The summed E-state index contributed by atoms with van der Waals surface area (Å²) in [6.07, 6.45) is 0.556. The van der Waals surface area contributed by atoms with Crippen LogP contribution in [0.1, 0.15) is 5.56 Å². The highest BCUT2D eigenvalue weighted by Gasteiger charge is 2.09. The van der Waals surface area contributed by atoms with Crippen LogP contribution in [0, 0.1) is 5.82 Å². The fraction of sp³-hybridized carbons (Fsp3) is 0.333. The second-order valence-corrected chi connectivity index (χ2v) is 3.06. The zero-order valence-electron chi connectivity index (χ0n) is 7.31. The molecule has 0 radical (unpaired) electrons. The first-order valence-electron chi connectivity index (χ1n) is 3.91. The van der Waals surface area contributed by atoms with Crippen LogP contribution in [-0.2, 0) is 6.42 Å². The number of hydrogen-bond acceptors (Lipinski definition) is 2. The molecule has 0 aliphatic rings. The molecule has 0 bridgehead atoms. The van der Waals surface area contributed by atoms with E-state index in [1.165, 1.54) is 13.2 Å².